The molecular formula is C24H38O4. The van der Waals surface area contributed by atoms with E-state index in [-0.39, 0.29) is 0 Å². The third kappa shape index (κ3) is 8.90. The van der Waals surface area contributed by atoms with Crippen molar-refractivity contribution in [2.75, 3.05) is 6.61 Å². The van der Waals surface area contributed by atoms with Gasteiger partial charge in [-0.3, -0.25) is 9.59 Å². The van der Waals surface area contributed by atoms with E-state index < -0.39 is 17.4 Å². The lowest BCUT2D eigenvalue weighted by Crippen LogP contribution is -2.38. The Labute approximate surface area is 171 Å². The van der Waals surface area contributed by atoms with Gasteiger partial charge in [0.1, 0.15) is 5.75 Å². The van der Waals surface area contributed by atoms with Gasteiger partial charge in [-0.1, -0.05) is 77.3 Å². The fourth-order valence-electron chi connectivity index (χ4n) is 2.90. The predicted octanol–water partition coefficient (Wildman–Crippen LogP) is 6.25. The molecule has 0 aliphatic carbocycles. The van der Waals surface area contributed by atoms with E-state index in [0.717, 1.165) is 24.8 Å². The van der Waals surface area contributed by atoms with E-state index in [9.17, 15) is 9.59 Å². The van der Waals surface area contributed by atoms with Crippen molar-refractivity contribution < 1.29 is 19.1 Å². The molecule has 0 aliphatic heterocycles. The van der Waals surface area contributed by atoms with Crippen LogP contribution in [0.4, 0.5) is 0 Å². The second-order valence-electron chi connectivity index (χ2n) is 7.98. The van der Waals surface area contributed by atoms with Crippen LogP contribution in [0.2, 0.25) is 0 Å². The fourth-order valence-corrected chi connectivity index (χ4v) is 2.90. The Bertz CT molecular complexity index is 592. The van der Waals surface area contributed by atoms with Crippen LogP contribution in [0.15, 0.2) is 24.3 Å². The summed E-state index contributed by atoms with van der Waals surface area (Å²) in [5.74, 6) is -0.647. The number of esters is 2. The van der Waals surface area contributed by atoms with Gasteiger partial charge >= 0.3 is 11.9 Å². The molecule has 0 saturated heterocycles. The monoisotopic (exact) mass is 390 g/mol. The van der Waals surface area contributed by atoms with E-state index in [4.69, 9.17) is 9.47 Å². The topological polar surface area (TPSA) is 52.6 Å². The molecule has 0 aromatic heterocycles. The number of carbonyl (C=O) groups excluding carboxylic acids is 2. The molecule has 1 aromatic carbocycles. The predicted molar refractivity (Wildman–Crippen MR) is 113 cm³/mol. The highest BCUT2D eigenvalue weighted by atomic mass is 16.6. The minimum absolute atomic E-state index is 0.358. The van der Waals surface area contributed by atoms with Gasteiger partial charge in [-0.25, -0.2) is 0 Å². The summed E-state index contributed by atoms with van der Waals surface area (Å²) in [5.41, 5.74) is -0.238. The molecule has 0 fully saturated rings. The van der Waals surface area contributed by atoms with Crippen molar-refractivity contribution in [2.45, 2.75) is 91.9 Å². The average Bonchev–Trinajstić information content (AvgIpc) is 2.69. The molecule has 1 aromatic rings. The Kier molecular flexibility index (Phi) is 11.5. The SMILES string of the molecule is CCCCCCCCCCCOC(=O)C(C)(C)C(=O)Oc1cccc(CC)c1. The van der Waals surface area contributed by atoms with Crippen LogP contribution in [0, 0.1) is 5.41 Å². The van der Waals surface area contributed by atoms with Crippen LogP contribution in [-0.4, -0.2) is 18.5 Å². The summed E-state index contributed by atoms with van der Waals surface area (Å²) in [4.78, 5) is 24.8. The van der Waals surface area contributed by atoms with Gasteiger partial charge < -0.3 is 9.47 Å². The molecule has 0 N–H and O–H groups in total. The van der Waals surface area contributed by atoms with Crippen molar-refractivity contribution in [3.63, 3.8) is 0 Å². The van der Waals surface area contributed by atoms with Gasteiger partial charge in [0.05, 0.1) is 6.61 Å². The number of aryl methyl sites for hydroxylation is 1. The van der Waals surface area contributed by atoms with Gasteiger partial charge in [-0.15, -0.1) is 0 Å². The van der Waals surface area contributed by atoms with Gasteiger partial charge in [-0.2, -0.15) is 0 Å². The molecule has 1 rings (SSSR count). The maximum absolute atomic E-state index is 12.4. The number of ether oxygens (including phenoxy) is 2. The zero-order chi connectivity index (χ0) is 20.8. The van der Waals surface area contributed by atoms with Crippen LogP contribution in [-0.2, 0) is 20.7 Å². The minimum atomic E-state index is -1.32. The number of rotatable bonds is 14. The molecule has 0 heterocycles. The standard InChI is InChI=1S/C24H38O4/c1-5-7-8-9-10-11-12-13-14-18-27-22(25)24(3,4)23(26)28-21-17-15-16-20(6-2)19-21/h15-17,19H,5-14,18H2,1-4H3. The van der Waals surface area contributed by atoms with E-state index in [1.165, 1.54) is 44.9 Å². The first kappa shape index (κ1) is 24.2. The van der Waals surface area contributed by atoms with Crippen molar-refractivity contribution in [2.24, 2.45) is 5.41 Å². The molecule has 0 radical (unpaired) electrons. The molecule has 0 unspecified atom stereocenters. The highest BCUT2D eigenvalue weighted by Gasteiger charge is 2.39. The zero-order valence-corrected chi connectivity index (χ0v) is 18.2. The highest BCUT2D eigenvalue weighted by molar-refractivity contribution is 5.99. The Balaban J connectivity index is 2.27. The zero-order valence-electron chi connectivity index (χ0n) is 18.2. The molecule has 0 spiro atoms. The van der Waals surface area contributed by atoms with Gasteiger partial charge in [0.2, 0.25) is 0 Å². The van der Waals surface area contributed by atoms with E-state index in [1.807, 2.05) is 25.1 Å². The molecule has 0 amide bonds. The van der Waals surface area contributed by atoms with Crippen molar-refractivity contribution in [1.82, 2.24) is 0 Å². The molecule has 0 bridgehead atoms. The van der Waals surface area contributed by atoms with Crippen molar-refractivity contribution in [3.05, 3.63) is 29.8 Å². The first-order valence-corrected chi connectivity index (χ1v) is 10.9. The van der Waals surface area contributed by atoms with Crippen molar-refractivity contribution in [3.8, 4) is 5.75 Å². The molecule has 4 nitrogen and oxygen atoms in total. The van der Waals surface area contributed by atoms with Gasteiger partial charge in [0.15, 0.2) is 5.41 Å². The Morgan fingerprint density at radius 3 is 2.07 bits per heavy atom. The van der Waals surface area contributed by atoms with Crippen molar-refractivity contribution in [1.29, 1.82) is 0 Å². The lowest BCUT2D eigenvalue weighted by molar-refractivity contribution is -0.164. The normalized spacial score (nSPS) is 11.3. The Hall–Kier alpha value is -1.84. The second-order valence-corrected chi connectivity index (χ2v) is 7.98. The van der Waals surface area contributed by atoms with Crippen LogP contribution >= 0.6 is 0 Å². The van der Waals surface area contributed by atoms with E-state index in [0.29, 0.717) is 12.4 Å². The number of unbranched alkanes of at least 4 members (excludes halogenated alkanes) is 8. The van der Waals surface area contributed by atoms with Crippen LogP contribution in [0.25, 0.3) is 0 Å². The molecule has 158 valence electrons. The Morgan fingerprint density at radius 2 is 1.46 bits per heavy atom. The molecule has 28 heavy (non-hydrogen) atoms. The Morgan fingerprint density at radius 1 is 0.857 bits per heavy atom. The highest BCUT2D eigenvalue weighted by Crippen LogP contribution is 2.23. The molecule has 0 atom stereocenters. The largest absolute Gasteiger partial charge is 0.465 e. The smallest absolute Gasteiger partial charge is 0.328 e. The summed E-state index contributed by atoms with van der Waals surface area (Å²) in [5, 5.41) is 0. The summed E-state index contributed by atoms with van der Waals surface area (Å²) in [7, 11) is 0. The van der Waals surface area contributed by atoms with E-state index in [2.05, 4.69) is 6.92 Å². The summed E-state index contributed by atoms with van der Waals surface area (Å²) >= 11 is 0. The summed E-state index contributed by atoms with van der Waals surface area (Å²) in [6.45, 7) is 7.73. The molecular weight excluding hydrogens is 352 g/mol. The van der Waals surface area contributed by atoms with Crippen LogP contribution < -0.4 is 4.74 Å². The van der Waals surface area contributed by atoms with E-state index >= 15 is 0 Å². The van der Waals surface area contributed by atoms with Crippen LogP contribution in [0.5, 0.6) is 5.75 Å². The summed E-state index contributed by atoms with van der Waals surface area (Å²) < 4.78 is 10.7. The third-order valence-electron chi connectivity index (χ3n) is 5.02. The number of hydrogen-bond acceptors (Lipinski definition) is 4. The van der Waals surface area contributed by atoms with Gasteiger partial charge in [0, 0.05) is 0 Å². The molecule has 0 saturated carbocycles. The van der Waals surface area contributed by atoms with Crippen molar-refractivity contribution >= 4 is 11.9 Å². The van der Waals surface area contributed by atoms with Crippen LogP contribution in [0.3, 0.4) is 0 Å². The maximum atomic E-state index is 12.4. The molecule has 4 heteroatoms. The van der Waals surface area contributed by atoms with Gasteiger partial charge in [-0.05, 0) is 44.4 Å². The first-order valence-electron chi connectivity index (χ1n) is 10.9. The fraction of sp³-hybridized carbons (Fsp3) is 0.667. The van der Waals surface area contributed by atoms with Gasteiger partial charge in [0.25, 0.3) is 0 Å². The first-order chi connectivity index (χ1) is 13.4. The summed E-state index contributed by atoms with van der Waals surface area (Å²) in [6.07, 6.45) is 11.7. The maximum Gasteiger partial charge on any atom is 0.328 e. The number of benzene rings is 1. The average molecular weight is 391 g/mol. The third-order valence-corrected chi connectivity index (χ3v) is 5.02. The number of hydrogen-bond donors (Lipinski definition) is 0. The second kappa shape index (κ2) is 13.4. The number of carbonyl (C=O) groups is 2. The van der Waals surface area contributed by atoms with E-state index in [1.54, 1.807) is 19.9 Å². The minimum Gasteiger partial charge on any atom is -0.465 e. The quantitative estimate of drug-likeness (QED) is 0.163. The lowest BCUT2D eigenvalue weighted by atomic mass is 9.94. The van der Waals surface area contributed by atoms with Crippen LogP contribution in [0.1, 0.15) is 91.0 Å². The lowest BCUT2D eigenvalue weighted by Gasteiger charge is -2.20. The summed E-state index contributed by atoms with van der Waals surface area (Å²) in [6, 6.07) is 7.36. The molecule has 0 aliphatic rings.